The Hall–Kier alpha value is -0.610. The lowest BCUT2D eigenvalue weighted by Gasteiger charge is -2.03. The van der Waals surface area contributed by atoms with Crippen LogP contribution >= 0.6 is 23.5 Å². The van der Waals surface area contributed by atoms with Crippen molar-refractivity contribution in [3.05, 3.63) is 24.3 Å². The molecule has 1 fully saturated rings. The van der Waals surface area contributed by atoms with Crippen molar-refractivity contribution in [2.45, 2.75) is 28.7 Å². The quantitative estimate of drug-likeness (QED) is 0.820. The second-order valence-corrected chi connectivity index (χ2v) is 5.41. The smallest absolute Gasteiger partial charge is 0.284 e. The van der Waals surface area contributed by atoms with Gasteiger partial charge >= 0.3 is 0 Å². The molecule has 0 saturated heterocycles. The van der Waals surface area contributed by atoms with Crippen LogP contribution in [0, 0.1) is 0 Å². The van der Waals surface area contributed by atoms with E-state index in [-0.39, 0.29) is 5.24 Å². The number of hydrogen-bond donors (Lipinski definition) is 1. The summed E-state index contributed by atoms with van der Waals surface area (Å²) < 4.78 is 0. The van der Waals surface area contributed by atoms with Crippen LogP contribution in [-0.4, -0.2) is 17.5 Å². The lowest BCUT2D eigenvalue weighted by Crippen LogP contribution is -2.20. The van der Waals surface area contributed by atoms with Gasteiger partial charge in [0, 0.05) is 15.8 Å². The van der Waals surface area contributed by atoms with Crippen LogP contribution in [0.1, 0.15) is 12.8 Å². The third-order valence-corrected chi connectivity index (χ3v) is 3.67. The Balaban J connectivity index is 1.93. The molecular formula is C11H13NOS2. The Morgan fingerprint density at radius 2 is 2.13 bits per heavy atom. The van der Waals surface area contributed by atoms with Gasteiger partial charge in [-0.1, -0.05) is 6.07 Å². The summed E-state index contributed by atoms with van der Waals surface area (Å²) in [6, 6.07) is 8.49. The number of nitrogens with one attached hydrogen (secondary N) is 1. The molecule has 1 saturated carbocycles. The van der Waals surface area contributed by atoms with Crippen molar-refractivity contribution in [3.63, 3.8) is 0 Å². The van der Waals surface area contributed by atoms with E-state index in [0.29, 0.717) is 6.04 Å². The van der Waals surface area contributed by atoms with Crippen molar-refractivity contribution in [1.82, 2.24) is 5.32 Å². The highest BCUT2D eigenvalue weighted by atomic mass is 32.2. The van der Waals surface area contributed by atoms with Crippen LogP contribution in [0.5, 0.6) is 0 Å². The van der Waals surface area contributed by atoms with Gasteiger partial charge in [-0.3, -0.25) is 4.79 Å². The van der Waals surface area contributed by atoms with Gasteiger partial charge < -0.3 is 5.32 Å². The van der Waals surface area contributed by atoms with Gasteiger partial charge in [-0.05, 0) is 49.1 Å². The Bertz CT molecular complexity index is 363. The van der Waals surface area contributed by atoms with Crippen molar-refractivity contribution < 1.29 is 4.79 Å². The third kappa shape index (κ3) is 3.47. The maximum absolute atomic E-state index is 11.5. The maximum atomic E-state index is 11.5. The van der Waals surface area contributed by atoms with Crippen molar-refractivity contribution in [3.8, 4) is 0 Å². The van der Waals surface area contributed by atoms with Crippen LogP contribution in [0.25, 0.3) is 0 Å². The van der Waals surface area contributed by atoms with E-state index in [4.69, 9.17) is 0 Å². The minimum absolute atomic E-state index is 0.0655. The molecule has 2 rings (SSSR count). The lowest BCUT2D eigenvalue weighted by atomic mass is 10.4. The standard InChI is InChI=1S/C11H13NOS2/c1-14-9-3-2-4-10(7-9)15-11(13)12-8-5-6-8/h2-4,7-8H,5-6H2,1H3,(H,12,13). The number of hydrogen-bond acceptors (Lipinski definition) is 3. The monoisotopic (exact) mass is 239 g/mol. The number of carbonyl (C=O) groups is 1. The molecule has 2 nitrogen and oxygen atoms in total. The maximum Gasteiger partial charge on any atom is 0.284 e. The molecule has 15 heavy (non-hydrogen) atoms. The van der Waals surface area contributed by atoms with Gasteiger partial charge in [-0.15, -0.1) is 11.8 Å². The molecule has 0 aromatic heterocycles. The molecule has 1 aliphatic rings. The third-order valence-electron chi connectivity index (χ3n) is 2.15. The average Bonchev–Trinajstić information content (AvgIpc) is 3.02. The highest BCUT2D eigenvalue weighted by Crippen LogP contribution is 2.26. The largest absolute Gasteiger partial charge is 0.344 e. The first-order valence-corrected chi connectivity index (χ1v) is 6.94. The lowest BCUT2D eigenvalue weighted by molar-refractivity contribution is 0.260. The Morgan fingerprint density at radius 3 is 2.80 bits per heavy atom. The first-order valence-electron chi connectivity index (χ1n) is 4.90. The van der Waals surface area contributed by atoms with Gasteiger partial charge in [0.05, 0.1) is 0 Å². The van der Waals surface area contributed by atoms with E-state index in [9.17, 15) is 4.79 Å². The van der Waals surface area contributed by atoms with E-state index < -0.39 is 0 Å². The summed E-state index contributed by atoms with van der Waals surface area (Å²) in [5.74, 6) is 0. The highest BCUT2D eigenvalue weighted by Gasteiger charge is 2.23. The summed E-state index contributed by atoms with van der Waals surface area (Å²) in [4.78, 5) is 13.7. The van der Waals surface area contributed by atoms with Crippen LogP contribution in [0.2, 0.25) is 0 Å². The van der Waals surface area contributed by atoms with E-state index in [2.05, 4.69) is 5.32 Å². The van der Waals surface area contributed by atoms with Gasteiger partial charge in [0.2, 0.25) is 0 Å². The first kappa shape index (κ1) is 10.9. The van der Waals surface area contributed by atoms with Gasteiger partial charge in [0.1, 0.15) is 0 Å². The van der Waals surface area contributed by atoms with Crippen LogP contribution in [-0.2, 0) is 0 Å². The minimum atomic E-state index is 0.0655. The number of rotatable bonds is 3. The number of carbonyl (C=O) groups excluding carboxylic acids is 1. The zero-order valence-electron chi connectivity index (χ0n) is 8.53. The predicted octanol–water partition coefficient (Wildman–Crippen LogP) is 3.37. The zero-order valence-corrected chi connectivity index (χ0v) is 10.2. The van der Waals surface area contributed by atoms with Gasteiger partial charge in [0.15, 0.2) is 0 Å². The fraction of sp³-hybridized carbons (Fsp3) is 0.364. The van der Waals surface area contributed by atoms with E-state index in [0.717, 1.165) is 17.7 Å². The average molecular weight is 239 g/mol. The molecule has 0 radical (unpaired) electrons. The van der Waals surface area contributed by atoms with Crippen molar-refractivity contribution >= 4 is 28.8 Å². The molecule has 1 aromatic rings. The zero-order chi connectivity index (χ0) is 10.7. The fourth-order valence-electron chi connectivity index (χ4n) is 1.20. The molecule has 0 spiro atoms. The molecule has 0 aliphatic heterocycles. The first-order chi connectivity index (χ1) is 7.28. The van der Waals surface area contributed by atoms with Crippen LogP contribution in [0.3, 0.4) is 0 Å². The summed E-state index contributed by atoms with van der Waals surface area (Å²) in [6.45, 7) is 0. The summed E-state index contributed by atoms with van der Waals surface area (Å²) in [5.41, 5.74) is 0. The number of amides is 1. The SMILES string of the molecule is CSc1cccc(SC(=O)NC2CC2)c1. The molecule has 1 amide bonds. The fourth-order valence-corrected chi connectivity index (χ4v) is 2.50. The van der Waals surface area contributed by atoms with Crippen LogP contribution in [0.4, 0.5) is 4.79 Å². The van der Waals surface area contributed by atoms with E-state index in [1.165, 1.54) is 16.7 Å². The molecule has 4 heteroatoms. The molecule has 1 aromatic carbocycles. The van der Waals surface area contributed by atoms with E-state index in [1.807, 2.05) is 30.5 Å². The number of benzene rings is 1. The van der Waals surface area contributed by atoms with E-state index >= 15 is 0 Å². The van der Waals surface area contributed by atoms with Crippen molar-refractivity contribution in [1.29, 1.82) is 0 Å². The molecule has 0 atom stereocenters. The minimum Gasteiger partial charge on any atom is -0.344 e. The van der Waals surface area contributed by atoms with Crippen LogP contribution < -0.4 is 5.32 Å². The summed E-state index contributed by atoms with van der Waals surface area (Å²) in [6.07, 6.45) is 4.31. The Labute approximate surface area is 98.2 Å². The summed E-state index contributed by atoms with van der Waals surface area (Å²) >= 11 is 2.97. The summed E-state index contributed by atoms with van der Waals surface area (Å²) in [5, 5.41) is 3.02. The molecule has 0 heterocycles. The van der Waals surface area contributed by atoms with Crippen molar-refractivity contribution in [2.75, 3.05) is 6.26 Å². The second-order valence-electron chi connectivity index (χ2n) is 3.49. The molecule has 80 valence electrons. The van der Waals surface area contributed by atoms with Gasteiger partial charge in [-0.25, -0.2) is 0 Å². The Morgan fingerprint density at radius 1 is 1.40 bits per heavy atom. The molecule has 1 aliphatic carbocycles. The molecular weight excluding hydrogens is 226 g/mol. The van der Waals surface area contributed by atoms with Gasteiger partial charge in [-0.2, -0.15) is 0 Å². The van der Waals surface area contributed by atoms with Crippen LogP contribution in [0.15, 0.2) is 34.1 Å². The topological polar surface area (TPSA) is 29.1 Å². The molecule has 0 bridgehead atoms. The molecule has 0 unspecified atom stereocenters. The number of thioether (sulfide) groups is 2. The van der Waals surface area contributed by atoms with Gasteiger partial charge in [0.25, 0.3) is 5.24 Å². The van der Waals surface area contributed by atoms with E-state index in [1.54, 1.807) is 11.8 Å². The second kappa shape index (κ2) is 4.94. The predicted molar refractivity (Wildman–Crippen MR) is 65.6 cm³/mol. The Kier molecular flexibility index (Phi) is 3.59. The molecule has 1 N–H and O–H groups in total. The van der Waals surface area contributed by atoms with Crippen molar-refractivity contribution in [2.24, 2.45) is 0 Å². The highest BCUT2D eigenvalue weighted by molar-refractivity contribution is 8.13. The summed E-state index contributed by atoms with van der Waals surface area (Å²) in [7, 11) is 0. The normalized spacial score (nSPS) is 15.0.